The Morgan fingerprint density at radius 2 is 1.93 bits per heavy atom. The summed E-state index contributed by atoms with van der Waals surface area (Å²) >= 11 is 3.51. The number of anilines is 1. The molecule has 0 radical (unpaired) electrons. The average molecular weight is 441 g/mol. The third-order valence-electron chi connectivity index (χ3n) is 5.27. The maximum absolute atomic E-state index is 12.1. The molecule has 158 valence electrons. The molecule has 1 aromatic heterocycles. The van der Waals surface area contributed by atoms with Crippen LogP contribution in [0.3, 0.4) is 0 Å². The number of benzene rings is 2. The second-order valence-electron chi connectivity index (χ2n) is 7.56. The van der Waals surface area contributed by atoms with Crippen LogP contribution in [0.4, 0.5) is 5.13 Å². The fraction of sp³-hybridized carbons (Fsp3) is 0.391. The number of amides is 1. The largest absolute Gasteiger partial charge is 0.355 e. The van der Waals surface area contributed by atoms with Crippen molar-refractivity contribution in [3.8, 4) is 0 Å². The topological polar surface area (TPSA) is 48.5 Å². The molecule has 0 aliphatic carbocycles. The average Bonchev–Trinajstić information content (AvgIpc) is 3.18. The van der Waals surface area contributed by atoms with Gasteiger partial charge in [0, 0.05) is 56.3 Å². The van der Waals surface area contributed by atoms with Crippen molar-refractivity contribution in [3.05, 3.63) is 54.1 Å². The Morgan fingerprint density at radius 1 is 1.13 bits per heavy atom. The molecular weight excluding hydrogens is 412 g/mol. The summed E-state index contributed by atoms with van der Waals surface area (Å²) in [7, 11) is 0. The molecule has 0 bridgehead atoms. The minimum atomic E-state index is 0.141. The van der Waals surface area contributed by atoms with E-state index in [0.717, 1.165) is 55.7 Å². The number of aromatic nitrogens is 1. The summed E-state index contributed by atoms with van der Waals surface area (Å²) in [5.74, 6) is 0.956. The molecule has 3 aromatic rings. The molecule has 1 amide bonds. The van der Waals surface area contributed by atoms with Gasteiger partial charge in [-0.1, -0.05) is 35.6 Å². The molecular formula is C23H28N4OS2. The van der Waals surface area contributed by atoms with E-state index in [0.29, 0.717) is 6.42 Å². The van der Waals surface area contributed by atoms with E-state index in [1.807, 2.05) is 18.2 Å². The lowest BCUT2D eigenvalue weighted by Crippen LogP contribution is -2.48. The van der Waals surface area contributed by atoms with E-state index in [-0.39, 0.29) is 5.91 Å². The molecule has 0 atom stereocenters. The summed E-state index contributed by atoms with van der Waals surface area (Å²) in [5.41, 5.74) is 2.37. The number of carbonyl (C=O) groups is 1. The summed E-state index contributed by atoms with van der Waals surface area (Å²) in [4.78, 5) is 22.9. The number of hydrogen-bond acceptors (Lipinski definition) is 6. The van der Waals surface area contributed by atoms with E-state index >= 15 is 0 Å². The van der Waals surface area contributed by atoms with Crippen LogP contribution >= 0.6 is 23.1 Å². The standard InChI is InChI=1S/C23H28N4OS2/c1-18-7-8-20-21(17-18)30-23(25-20)27-14-12-26(13-15-27)11-10-24-22(28)9-16-29-19-5-3-2-4-6-19/h2-8,17H,9-16H2,1H3,(H,24,28). The van der Waals surface area contributed by atoms with E-state index in [1.54, 1.807) is 23.1 Å². The van der Waals surface area contributed by atoms with Gasteiger partial charge in [0.25, 0.3) is 0 Å². The predicted molar refractivity (Wildman–Crippen MR) is 128 cm³/mol. The van der Waals surface area contributed by atoms with Crippen LogP contribution in [0.1, 0.15) is 12.0 Å². The van der Waals surface area contributed by atoms with Gasteiger partial charge in [-0.15, -0.1) is 11.8 Å². The van der Waals surface area contributed by atoms with Crippen LogP contribution in [-0.4, -0.2) is 60.8 Å². The van der Waals surface area contributed by atoms with E-state index in [9.17, 15) is 4.79 Å². The summed E-state index contributed by atoms with van der Waals surface area (Å²) in [5, 5.41) is 4.19. The molecule has 1 saturated heterocycles. The van der Waals surface area contributed by atoms with Crippen molar-refractivity contribution < 1.29 is 4.79 Å². The highest BCUT2D eigenvalue weighted by atomic mass is 32.2. The smallest absolute Gasteiger partial charge is 0.220 e. The van der Waals surface area contributed by atoms with Gasteiger partial charge in [-0.3, -0.25) is 9.69 Å². The van der Waals surface area contributed by atoms with Crippen LogP contribution < -0.4 is 10.2 Å². The molecule has 5 nitrogen and oxygen atoms in total. The number of hydrogen-bond donors (Lipinski definition) is 1. The fourth-order valence-corrected chi connectivity index (χ4v) is 5.53. The highest BCUT2D eigenvalue weighted by Crippen LogP contribution is 2.30. The van der Waals surface area contributed by atoms with Crippen LogP contribution in [0.25, 0.3) is 10.2 Å². The van der Waals surface area contributed by atoms with E-state index in [2.05, 4.69) is 52.4 Å². The van der Waals surface area contributed by atoms with Crippen LogP contribution in [-0.2, 0) is 4.79 Å². The Hall–Kier alpha value is -2.09. The Bertz CT molecular complexity index is 968. The van der Waals surface area contributed by atoms with Crippen molar-refractivity contribution in [2.75, 3.05) is 49.9 Å². The van der Waals surface area contributed by atoms with Gasteiger partial charge in [-0.05, 0) is 36.8 Å². The lowest BCUT2D eigenvalue weighted by atomic mass is 10.2. The summed E-state index contributed by atoms with van der Waals surface area (Å²) in [6, 6.07) is 16.7. The summed E-state index contributed by atoms with van der Waals surface area (Å²) in [6.07, 6.45) is 0.560. The van der Waals surface area contributed by atoms with Gasteiger partial charge in [-0.2, -0.15) is 0 Å². The monoisotopic (exact) mass is 440 g/mol. The number of fused-ring (bicyclic) bond motifs is 1. The van der Waals surface area contributed by atoms with Crippen molar-refractivity contribution >= 4 is 44.4 Å². The summed E-state index contributed by atoms with van der Waals surface area (Å²) < 4.78 is 1.26. The Kier molecular flexibility index (Phi) is 7.25. The number of rotatable bonds is 8. The first-order chi connectivity index (χ1) is 14.7. The lowest BCUT2D eigenvalue weighted by Gasteiger charge is -2.34. The van der Waals surface area contributed by atoms with Crippen molar-refractivity contribution in [1.82, 2.24) is 15.2 Å². The molecule has 4 rings (SSSR count). The van der Waals surface area contributed by atoms with Crippen molar-refractivity contribution in [2.24, 2.45) is 0 Å². The number of nitrogens with zero attached hydrogens (tertiary/aromatic N) is 3. The summed E-state index contributed by atoms with van der Waals surface area (Å²) in [6.45, 7) is 7.74. The van der Waals surface area contributed by atoms with E-state index < -0.39 is 0 Å². The number of thiazole rings is 1. The lowest BCUT2D eigenvalue weighted by molar-refractivity contribution is -0.120. The molecule has 0 unspecified atom stereocenters. The zero-order valence-corrected chi connectivity index (χ0v) is 19.0. The highest BCUT2D eigenvalue weighted by Gasteiger charge is 2.19. The predicted octanol–water partition coefficient (Wildman–Crippen LogP) is 4.03. The molecule has 1 fully saturated rings. The number of nitrogens with one attached hydrogen (secondary N) is 1. The van der Waals surface area contributed by atoms with Gasteiger partial charge in [-0.25, -0.2) is 4.98 Å². The molecule has 1 aliphatic rings. The number of aryl methyl sites for hydroxylation is 1. The number of thioether (sulfide) groups is 1. The third kappa shape index (κ3) is 5.74. The van der Waals surface area contributed by atoms with E-state index in [1.165, 1.54) is 15.2 Å². The van der Waals surface area contributed by atoms with Crippen molar-refractivity contribution in [3.63, 3.8) is 0 Å². The van der Waals surface area contributed by atoms with Gasteiger partial charge < -0.3 is 10.2 Å². The zero-order chi connectivity index (χ0) is 20.8. The molecule has 1 N–H and O–H groups in total. The molecule has 7 heteroatoms. The van der Waals surface area contributed by atoms with Crippen LogP contribution in [0.5, 0.6) is 0 Å². The SMILES string of the molecule is Cc1ccc2nc(N3CCN(CCNC(=O)CCSc4ccccc4)CC3)sc2c1. The maximum Gasteiger partial charge on any atom is 0.220 e. The van der Waals surface area contributed by atoms with Crippen molar-refractivity contribution in [2.45, 2.75) is 18.2 Å². The Morgan fingerprint density at radius 3 is 2.73 bits per heavy atom. The fourth-order valence-electron chi connectivity index (χ4n) is 3.54. The number of carbonyl (C=O) groups excluding carboxylic acids is 1. The van der Waals surface area contributed by atoms with E-state index in [4.69, 9.17) is 4.98 Å². The minimum Gasteiger partial charge on any atom is -0.355 e. The van der Waals surface area contributed by atoms with Gasteiger partial charge in [0.15, 0.2) is 5.13 Å². The first kappa shape index (κ1) is 21.2. The first-order valence-electron chi connectivity index (χ1n) is 10.5. The second kappa shape index (κ2) is 10.3. The zero-order valence-electron chi connectivity index (χ0n) is 17.3. The number of piperazine rings is 1. The molecule has 2 aromatic carbocycles. The van der Waals surface area contributed by atoms with Crippen molar-refractivity contribution in [1.29, 1.82) is 0 Å². The molecule has 1 aliphatic heterocycles. The molecule has 0 saturated carbocycles. The third-order valence-corrected chi connectivity index (χ3v) is 7.36. The maximum atomic E-state index is 12.1. The second-order valence-corrected chi connectivity index (χ2v) is 9.74. The highest BCUT2D eigenvalue weighted by molar-refractivity contribution is 7.99. The minimum absolute atomic E-state index is 0.141. The van der Waals surface area contributed by atoms with Crippen LogP contribution in [0.2, 0.25) is 0 Å². The van der Waals surface area contributed by atoms with Gasteiger partial charge >= 0.3 is 0 Å². The van der Waals surface area contributed by atoms with Crippen LogP contribution in [0.15, 0.2) is 53.4 Å². The molecule has 0 spiro atoms. The van der Waals surface area contributed by atoms with Crippen LogP contribution in [0, 0.1) is 6.92 Å². The van der Waals surface area contributed by atoms with Gasteiger partial charge in [0.1, 0.15) is 0 Å². The Labute approximate surface area is 186 Å². The van der Waals surface area contributed by atoms with Gasteiger partial charge in [0.2, 0.25) is 5.91 Å². The quantitative estimate of drug-likeness (QED) is 0.536. The normalized spacial score (nSPS) is 14.9. The molecule has 2 heterocycles. The van der Waals surface area contributed by atoms with Gasteiger partial charge in [0.05, 0.1) is 10.2 Å². The molecule has 30 heavy (non-hydrogen) atoms. The first-order valence-corrected chi connectivity index (χ1v) is 12.3. The Balaban J connectivity index is 1.14.